The normalized spacial score (nSPS) is 11.2. The highest BCUT2D eigenvalue weighted by Gasteiger charge is 2.30. The molecule has 3 amide bonds. The second-order valence-corrected chi connectivity index (χ2v) is 9.12. The Labute approximate surface area is 212 Å². The maximum Gasteiger partial charge on any atom is 0.416 e. The molecule has 3 aromatic rings. The lowest BCUT2D eigenvalue weighted by molar-refractivity contribution is -0.137. The summed E-state index contributed by atoms with van der Waals surface area (Å²) >= 11 is 1.54. The summed E-state index contributed by atoms with van der Waals surface area (Å²) in [6, 6.07) is 17.0. The monoisotopic (exact) mass is 519 g/mol. The predicted molar refractivity (Wildman–Crippen MR) is 134 cm³/mol. The molecule has 0 aliphatic carbocycles. The van der Waals surface area contributed by atoms with Crippen LogP contribution in [0.5, 0.6) is 0 Å². The fourth-order valence-electron chi connectivity index (χ4n) is 3.49. The smallest absolute Gasteiger partial charge is 0.385 e. The summed E-state index contributed by atoms with van der Waals surface area (Å²) in [5, 5.41) is 4.54. The average Bonchev–Trinajstić information content (AvgIpc) is 3.36. The van der Waals surface area contributed by atoms with Crippen LogP contribution in [-0.2, 0) is 28.8 Å². The largest absolute Gasteiger partial charge is 0.416 e. The summed E-state index contributed by atoms with van der Waals surface area (Å²) in [5.74, 6) is -0.243. The standard InChI is InChI=1S/C26H28F3N3O3S/c1-35-15-6-14-31(25(34)30-22-12-10-21(11-13-22)26(27,28)29)19-24(33)32(18-23-9-5-16-36-23)17-20-7-3-2-4-8-20/h2-5,7-13,16H,6,14-15,17-19H2,1H3,(H,30,34). The number of benzene rings is 2. The van der Waals surface area contributed by atoms with Crippen LogP contribution in [-0.4, -0.2) is 48.5 Å². The number of alkyl halides is 3. The molecule has 36 heavy (non-hydrogen) atoms. The number of methoxy groups -OCH3 is 1. The fourth-order valence-corrected chi connectivity index (χ4v) is 4.21. The molecule has 0 saturated carbocycles. The zero-order valence-corrected chi connectivity index (χ0v) is 20.6. The van der Waals surface area contributed by atoms with E-state index in [4.69, 9.17) is 4.74 Å². The van der Waals surface area contributed by atoms with Crippen LogP contribution in [0, 0.1) is 0 Å². The summed E-state index contributed by atoms with van der Waals surface area (Å²) < 4.78 is 43.6. The maximum atomic E-state index is 13.4. The summed E-state index contributed by atoms with van der Waals surface area (Å²) in [6.07, 6.45) is -3.97. The number of hydrogen-bond acceptors (Lipinski definition) is 4. The number of ether oxygens (including phenoxy) is 1. The number of nitrogens with zero attached hydrogens (tertiary/aromatic N) is 2. The highest BCUT2D eigenvalue weighted by molar-refractivity contribution is 7.09. The molecule has 6 nitrogen and oxygen atoms in total. The van der Waals surface area contributed by atoms with Crippen LogP contribution in [0.2, 0.25) is 0 Å². The van der Waals surface area contributed by atoms with Gasteiger partial charge in [0.25, 0.3) is 0 Å². The van der Waals surface area contributed by atoms with Crippen LogP contribution < -0.4 is 5.32 Å². The Morgan fingerprint density at radius 2 is 1.67 bits per heavy atom. The van der Waals surface area contributed by atoms with Gasteiger partial charge in [-0.2, -0.15) is 13.2 Å². The fraction of sp³-hybridized carbons (Fsp3) is 0.308. The molecule has 0 spiro atoms. The van der Waals surface area contributed by atoms with E-state index in [1.54, 1.807) is 23.3 Å². The van der Waals surface area contributed by atoms with E-state index < -0.39 is 17.8 Å². The van der Waals surface area contributed by atoms with Gasteiger partial charge in [0.05, 0.1) is 12.1 Å². The van der Waals surface area contributed by atoms with Gasteiger partial charge < -0.3 is 19.9 Å². The molecular weight excluding hydrogens is 491 g/mol. The van der Waals surface area contributed by atoms with Crippen molar-refractivity contribution in [3.63, 3.8) is 0 Å². The lowest BCUT2D eigenvalue weighted by Gasteiger charge is -2.28. The van der Waals surface area contributed by atoms with E-state index in [-0.39, 0.29) is 24.7 Å². The molecule has 2 aromatic carbocycles. The molecule has 0 bridgehead atoms. The van der Waals surface area contributed by atoms with Crippen LogP contribution in [0.1, 0.15) is 22.4 Å². The van der Waals surface area contributed by atoms with Gasteiger partial charge in [-0.15, -0.1) is 11.3 Å². The Bertz CT molecular complexity index is 1090. The summed E-state index contributed by atoms with van der Waals surface area (Å²) in [5.41, 5.74) is 0.359. The predicted octanol–water partition coefficient (Wildman–Crippen LogP) is 5.87. The summed E-state index contributed by atoms with van der Waals surface area (Å²) in [6.45, 7) is 1.22. The highest BCUT2D eigenvalue weighted by Crippen LogP contribution is 2.29. The third-order valence-corrected chi connectivity index (χ3v) is 6.21. The Balaban J connectivity index is 1.73. The minimum atomic E-state index is -4.47. The molecule has 0 atom stereocenters. The van der Waals surface area contributed by atoms with Gasteiger partial charge >= 0.3 is 12.2 Å². The summed E-state index contributed by atoms with van der Waals surface area (Å²) in [4.78, 5) is 30.4. The van der Waals surface area contributed by atoms with E-state index in [9.17, 15) is 22.8 Å². The van der Waals surface area contributed by atoms with Gasteiger partial charge in [0.2, 0.25) is 5.91 Å². The third-order valence-electron chi connectivity index (χ3n) is 5.35. The Morgan fingerprint density at radius 1 is 0.944 bits per heavy atom. The van der Waals surface area contributed by atoms with Gasteiger partial charge in [-0.3, -0.25) is 4.79 Å². The number of amides is 3. The first kappa shape index (κ1) is 27.2. The van der Waals surface area contributed by atoms with E-state index in [1.165, 1.54) is 17.0 Å². The first-order valence-electron chi connectivity index (χ1n) is 11.3. The second kappa shape index (κ2) is 13.1. The topological polar surface area (TPSA) is 61.9 Å². The Kier molecular flexibility index (Phi) is 9.89. The number of halogens is 3. The minimum Gasteiger partial charge on any atom is -0.385 e. The van der Waals surface area contributed by atoms with Crippen molar-refractivity contribution < 1.29 is 27.5 Å². The molecule has 192 valence electrons. The third kappa shape index (κ3) is 8.39. The number of anilines is 1. The molecule has 0 fully saturated rings. The van der Waals surface area contributed by atoms with Crippen molar-refractivity contribution in [1.29, 1.82) is 0 Å². The zero-order chi connectivity index (χ0) is 26.0. The van der Waals surface area contributed by atoms with E-state index in [0.29, 0.717) is 26.1 Å². The van der Waals surface area contributed by atoms with E-state index in [1.807, 2.05) is 47.8 Å². The number of thiophene rings is 1. The van der Waals surface area contributed by atoms with Gasteiger partial charge in [0, 0.05) is 37.4 Å². The van der Waals surface area contributed by atoms with Gasteiger partial charge in [-0.25, -0.2) is 4.79 Å². The Hall–Kier alpha value is -3.37. The van der Waals surface area contributed by atoms with Gasteiger partial charge in [-0.1, -0.05) is 36.4 Å². The molecule has 0 radical (unpaired) electrons. The average molecular weight is 520 g/mol. The first-order valence-corrected chi connectivity index (χ1v) is 12.2. The number of rotatable bonds is 11. The lowest BCUT2D eigenvalue weighted by Crippen LogP contribution is -2.44. The van der Waals surface area contributed by atoms with Gasteiger partial charge in [-0.05, 0) is 47.7 Å². The maximum absolute atomic E-state index is 13.4. The number of carbonyl (C=O) groups excluding carboxylic acids is 2. The number of carbonyl (C=O) groups is 2. The SMILES string of the molecule is COCCCN(CC(=O)N(Cc1ccccc1)Cc1cccs1)C(=O)Nc1ccc(C(F)(F)F)cc1. The molecular formula is C26H28F3N3O3S. The highest BCUT2D eigenvalue weighted by atomic mass is 32.1. The van der Waals surface area contributed by atoms with E-state index in [2.05, 4.69) is 5.32 Å². The van der Waals surface area contributed by atoms with Crippen molar-refractivity contribution in [3.8, 4) is 0 Å². The number of nitrogens with one attached hydrogen (secondary N) is 1. The van der Waals surface area contributed by atoms with Crippen LogP contribution in [0.4, 0.5) is 23.7 Å². The Morgan fingerprint density at radius 3 is 2.28 bits per heavy atom. The van der Waals surface area contributed by atoms with Crippen molar-refractivity contribution in [2.75, 3.05) is 32.1 Å². The molecule has 0 aliphatic heterocycles. The second-order valence-electron chi connectivity index (χ2n) is 8.09. The van der Waals surface area contributed by atoms with Crippen LogP contribution in [0.25, 0.3) is 0 Å². The molecule has 1 N–H and O–H groups in total. The lowest BCUT2D eigenvalue weighted by atomic mass is 10.2. The minimum absolute atomic E-state index is 0.186. The zero-order valence-electron chi connectivity index (χ0n) is 19.8. The van der Waals surface area contributed by atoms with Crippen LogP contribution >= 0.6 is 11.3 Å². The van der Waals surface area contributed by atoms with Crippen LogP contribution in [0.3, 0.4) is 0 Å². The molecule has 0 aliphatic rings. The molecule has 0 unspecified atom stereocenters. The van der Waals surface area contributed by atoms with Crippen LogP contribution in [0.15, 0.2) is 72.1 Å². The van der Waals surface area contributed by atoms with Crippen molar-refractivity contribution in [2.24, 2.45) is 0 Å². The van der Waals surface area contributed by atoms with Crippen molar-refractivity contribution >= 4 is 29.0 Å². The molecule has 1 heterocycles. The van der Waals surface area contributed by atoms with E-state index in [0.717, 1.165) is 22.6 Å². The number of hydrogen-bond donors (Lipinski definition) is 1. The first-order chi connectivity index (χ1) is 17.3. The number of urea groups is 1. The van der Waals surface area contributed by atoms with Crippen molar-refractivity contribution in [3.05, 3.63) is 88.1 Å². The van der Waals surface area contributed by atoms with Crippen molar-refractivity contribution in [1.82, 2.24) is 9.80 Å². The van der Waals surface area contributed by atoms with Gasteiger partial charge in [0.1, 0.15) is 6.54 Å². The van der Waals surface area contributed by atoms with Crippen molar-refractivity contribution in [2.45, 2.75) is 25.7 Å². The molecule has 0 saturated heterocycles. The quantitative estimate of drug-likeness (QED) is 0.323. The summed E-state index contributed by atoms with van der Waals surface area (Å²) in [7, 11) is 1.54. The molecule has 1 aromatic heterocycles. The molecule has 10 heteroatoms. The molecule has 3 rings (SSSR count). The van der Waals surface area contributed by atoms with E-state index >= 15 is 0 Å². The van der Waals surface area contributed by atoms with Gasteiger partial charge in [0.15, 0.2) is 0 Å².